The molecule has 0 saturated heterocycles. The minimum Gasteiger partial charge on any atom is -0.294 e. The van der Waals surface area contributed by atoms with Crippen molar-refractivity contribution in [2.75, 3.05) is 6.54 Å². The number of carbonyl (C=O) groups excluding carboxylic acids is 1. The molecule has 0 aliphatic carbocycles. The van der Waals surface area contributed by atoms with Crippen molar-refractivity contribution in [2.45, 2.75) is 39.3 Å². The number of Topliss-reactive ketones (excluding diaryl/α,β-unsaturated/α-hetero) is 1. The third-order valence-corrected chi connectivity index (χ3v) is 5.52. The fourth-order valence-electron chi connectivity index (χ4n) is 2.30. The fraction of sp³-hybridized carbons (Fsp3) is 0.389. The van der Waals surface area contributed by atoms with Crippen LogP contribution in [-0.2, 0) is 6.54 Å². The fourth-order valence-corrected chi connectivity index (χ4v) is 3.86. The Labute approximate surface area is 145 Å². The minimum atomic E-state index is 0.0306. The van der Waals surface area contributed by atoms with E-state index in [2.05, 4.69) is 65.9 Å². The van der Waals surface area contributed by atoms with Gasteiger partial charge in [-0.25, -0.2) is 0 Å². The number of carbonyl (C=O) groups is 1. The summed E-state index contributed by atoms with van der Waals surface area (Å²) in [6, 6.07) is 12.4. The average molecular weight is 380 g/mol. The zero-order valence-corrected chi connectivity index (χ0v) is 15.7. The number of hydrogen-bond acceptors (Lipinski definition) is 3. The van der Waals surface area contributed by atoms with Gasteiger partial charge in [-0.2, -0.15) is 0 Å². The molecule has 0 bridgehead atoms. The van der Waals surface area contributed by atoms with Gasteiger partial charge in [0.05, 0.1) is 4.88 Å². The third-order valence-electron chi connectivity index (χ3n) is 3.64. The molecule has 0 atom stereocenters. The zero-order valence-electron chi connectivity index (χ0n) is 13.3. The van der Waals surface area contributed by atoms with Gasteiger partial charge in [-0.1, -0.05) is 30.3 Å². The highest BCUT2D eigenvalue weighted by molar-refractivity contribution is 9.10. The lowest BCUT2D eigenvalue weighted by molar-refractivity contribution is 0.0899. The van der Waals surface area contributed by atoms with E-state index in [9.17, 15) is 4.79 Å². The van der Waals surface area contributed by atoms with Gasteiger partial charge in [0.15, 0.2) is 5.78 Å². The maximum Gasteiger partial charge on any atom is 0.175 e. The van der Waals surface area contributed by atoms with E-state index in [0.717, 1.165) is 22.4 Å². The second-order valence-corrected chi connectivity index (χ2v) is 8.12. The van der Waals surface area contributed by atoms with Gasteiger partial charge in [0.1, 0.15) is 0 Å². The van der Waals surface area contributed by atoms with Gasteiger partial charge in [-0.05, 0) is 53.7 Å². The van der Waals surface area contributed by atoms with E-state index in [1.165, 1.54) is 16.9 Å². The monoisotopic (exact) mass is 379 g/mol. The first kappa shape index (κ1) is 17.4. The molecule has 118 valence electrons. The van der Waals surface area contributed by atoms with Crippen LogP contribution < -0.4 is 0 Å². The van der Waals surface area contributed by atoms with Crippen molar-refractivity contribution in [1.82, 2.24) is 4.90 Å². The van der Waals surface area contributed by atoms with Crippen LogP contribution in [0.25, 0.3) is 0 Å². The zero-order chi connectivity index (χ0) is 16.2. The van der Waals surface area contributed by atoms with Crippen LogP contribution >= 0.6 is 27.3 Å². The summed E-state index contributed by atoms with van der Waals surface area (Å²) in [5.41, 5.74) is 1.31. The molecule has 0 fully saturated rings. The van der Waals surface area contributed by atoms with Gasteiger partial charge in [-0.15, -0.1) is 11.3 Å². The molecule has 0 N–H and O–H groups in total. The van der Waals surface area contributed by atoms with Crippen LogP contribution in [0.4, 0.5) is 0 Å². The van der Waals surface area contributed by atoms with Gasteiger partial charge in [0, 0.05) is 29.5 Å². The predicted octanol–water partition coefficient (Wildman–Crippen LogP) is 5.38. The molecule has 4 heteroatoms. The number of nitrogens with zero attached hydrogens (tertiary/aromatic N) is 1. The van der Waals surface area contributed by atoms with Crippen LogP contribution in [0.1, 0.15) is 42.4 Å². The van der Waals surface area contributed by atoms with Gasteiger partial charge < -0.3 is 0 Å². The van der Waals surface area contributed by atoms with Gasteiger partial charge in [0.2, 0.25) is 0 Å². The van der Waals surface area contributed by atoms with Crippen molar-refractivity contribution in [2.24, 2.45) is 0 Å². The standard InChI is InChI=1S/C18H22BrNOS/c1-18(2,3)20(13-14-7-5-4-6-8-14)11-9-16(21)17-15(19)10-12-22-17/h4-8,10,12H,9,11,13H2,1-3H3. The Hall–Kier alpha value is -0.970. The summed E-state index contributed by atoms with van der Waals surface area (Å²) in [6.07, 6.45) is 0.545. The molecule has 0 saturated carbocycles. The van der Waals surface area contributed by atoms with Crippen LogP contribution in [0.15, 0.2) is 46.3 Å². The molecule has 0 spiro atoms. The first-order valence-corrected chi connectivity index (χ1v) is 9.10. The second-order valence-electron chi connectivity index (χ2n) is 6.35. The number of ketones is 1. The van der Waals surface area contributed by atoms with Crippen molar-refractivity contribution in [3.05, 3.63) is 56.7 Å². The van der Waals surface area contributed by atoms with E-state index in [-0.39, 0.29) is 11.3 Å². The van der Waals surface area contributed by atoms with E-state index in [1.54, 1.807) is 0 Å². The molecule has 0 unspecified atom stereocenters. The van der Waals surface area contributed by atoms with E-state index < -0.39 is 0 Å². The number of hydrogen-bond donors (Lipinski definition) is 0. The highest BCUT2D eigenvalue weighted by Gasteiger charge is 2.23. The second kappa shape index (κ2) is 7.53. The molecular formula is C18H22BrNOS. The summed E-state index contributed by atoms with van der Waals surface area (Å²) >= 11 is 4.95. The lowest BCUT2D eigenvalue weighted by Gasteiger charge is -2.35. The van der Waals surface area contributed by atoms with Crippen molar-refractivity contribution < 1.29 is 4.79 Å². The number of benzene rings is 1. The predicted molar refractivity (Wildman–Crippen MR) is 97.6 cm³/mol. The van der Waals surface area contributed by atoms with Gasteiger partial charge in [0.25, 0.3) is 0 Å². The smallest absolute Gasteiger partial charge is 0.175 e. The minimum absolute atomic E-state index is 0.0306. The Bertz CT molecular complexity index is 616. The Morgan fingerprint density at radius 2 is 1.86 bits per heavy atom. The Balaban J connectivity index is 2.02. The summed E-state index contributed by atoms with van der Waals surface area (Å²) in [6.45, 7) is 8.22. The maximum absolute atomic E-state index is 12.4. The van der Waals surface area contributed by atoms with E-state index in [0.29, 0.717) is 6.42 Å². The number of halogens is 1. The molecule has 2 nitrogen and oxygen atoms in total. The Morgan fingerprint density at radius 1 is 1.18 bits per heavy atom. The number of rotatable bonds is 6. The molecule has 0 aliphatic heterocycles. The van der Waals surface area contributed by atoms with Crippen LogP contribution in [0.5, 0.6) is 0 Å². The molecule has 0 aliphatic rings. The molecule has 2 aromatic rings. The largest absolute Gasteiger partial charge is 0.294 e. The summed E-state index contributed by atoms with van der Waals surface area (Å²) in [5.74, 6) is 0.212. The van der Waals surface area contributed by atoms with Crippen LogP contribution in [0.3, 0.4) is 0 Å². The van der Waals surface area contributed by atoms with Crippen LogP contribution in [0.2, 0.25) is 0 Å². The van der Waals surface area contributed by atoms with E-state index >= 15 is 0 Å². The normalized spacial score (nSPS) is 11.9. The molecule has 22 heavy (non-hydrogen) atoms. The number of thiophene rings is 1. The highest BCUT2D eigenvalue weighted by Crippen LogP contribution is 2.25. The lowest BCUT2D eigenvalue weighted by Crippen LogP contribution is -2.41. The van der Waals surface area contributed by atoms with Crippen molar-refractivity contribution >= 4 is 33.0 Å². The van der Waals surface area contributed by atoms with Crippen LogP contribution in [0, 0.1) is 0 Å². The third kappa shape index (κ3) is 4.77. The van der Waals surface area contributed by atoms with E-state index in [1.807, 2.05) is 17.5 Å². The molecule has 0 amide bonds. The average Bonchev–Trinajstić information content (AvgIpc) is 2.89. The first-order chi connectivity index (χ1) is 10.4. The van der Waals surface area contributed by atoms with Crippen molar-refractivity contribution in [3.8, 4) is 0 Å². The van der Waals surface area contributed by atoms with Crippen molar-refractivity contribution in [3.63, 3.8) is 0 Å². The molecule has 2 rings (SSSR count). The molecule has 1 heterocycles. The summed E-state index contributed by atoms with van der Waals surface area (Å²) in [7, 11) is 0. The molecule has 1 aromatic heterocycles. The van der Waals surface area contributed by atoms with E-state index in [4.69, 9.17) is 0 Å². The SMILES string of the molecule is CC(C)(C)N(CCC(=O)c1sccc1Br)Cc1ccccc1. The van der Waals surface area contributed by atoms with Crippen molar-refractivity contribution in [1.29, 1.82) is 0 Å². The Morgan fingerprint density at radius 3 is 2.41 bits per heavy atom. The van der Waals surface area contributed by atoms with Gasteiger partial charge in [-0.3, -0.25) is 9.69 Å². The highest BCUT2D eigenvalue weighted by atomic mass is 79.9. The summed E-state index contributed by atoms with van der Waals surface area (Å²) in [5, 5.41) is 1.95. The first-order valence-electron chi connectivity index (χ1n) is 7.43. The molecule has 0 radical (unpaired) electrons. The lowest BCUT2D eigenvalue weighted by atomic mass is 10.0. The Kier molecular flexibility index (Phi) is 5.95. The van der Waals surface area contributed by atoms with Crippen LogP contribution in [-0.4, -0.2) is 22.8 Å². The molecule has 1 aromatic carbocycles. The topological polar surface area (TPSA) is 20.3 Å². The summed E-state index contributed by atoms with van der Waals surface area (Å²) in [4.78, 5) is 15.6. The van der Waals surface area contributed by atoms with Gasteiger partial charge >= 0.3 is 0 Å². The summed E-state index contributed by atoms with van der Waals surface area (Å²) < 4.78 is 0.910. The molecular weight excluding hydrogens is 358 g/mol. The maximum atomic E-state index is 12.4. The quantitative estimate of drug-likeness (QED) is 0.627.